The van der Waals surface area contributed by atoms with Crippen LogP contribution in [0.25, 0.3) is 11.1 Å². The Kier molecular flexibility index (Phi) is 5.00. The van der Waals surface area contributed by atoms with Crippen LogP contribution >= 0.6 is 0 Å². The highest BCUT2D eigenvalue weighted by Gasteiger charge is 2.25. The number of hydrogen-bond donors (Lipinski definition) is 1. The molecule has 0 radical (unpaired) electrons. The zero-order chi connectivity index (χ0) is 17.0. The summed E-state index contributed by atoms with van der Waals surface area (Å²) in [4.78, 5) is 15.0. The van der Waals surface area contributed by atoms with E-state index in [1.807, 2.05) is 42.5 Å². The fourth-order valence-corrected chi connectivity index (χ4v) is 3.36. The largest absolute Gasteiger partial charge is 0.346 e. The molecule has 3 heteroatoms. The molecule has 0 aromatic heterocycles. The highest BCUT2D eigenvalue weighted by Crippen LogP contribution is 2.20. The lowest BCUT2D eigenvalue weighted by Crippen LogP contribution is -2.50. The van der Waals surface area contributed by atoms with Crippen molar-refractivity contribution in [2.75, 3.05) is 19.6 Å². The lowest BCUT2D eigenvalue weighted by molar-refractivity contribution is 0.0894. The molecular weight excluding hydrogens is 296 g/mol. The molecule has 0 saturated carbocycles. The van der Waals surface area contributed by atoms with Crippen molar-refractivity contribution in [1.29, 1.82) is 0 Å². The van der Waals surface area contributed by atoms with Crippen LogP contribution in [-0.4, -0.2) is 36.0 Å². The Morgan fingerprint density at radius 2 is 1.54 bits per heavy atom. The third-order valence-electron chi connectivity index (χ3n) is 4.52. The van der Waals surface area contributed by atoms with Crippen molar-refractivity contribution in [1.82, 2.24) is 10.2 Å². The molecular formula is C21H26N2O. The van der Waals surface area contributed by atoms with Gasteiger partial charge in [0.15, 0.2) is 0 Å². The Morgan fingerprint density at radius 1 is 0.958 bits per heavy atom. The van der Waals surface area contributed by atoms with Crippen LogP contribution < -0.4 is 5.32 Å². The molecule has 126 valence electrons. The van der Waals surface area contributed by atoms with Gasteiger partial charge in [0.25, 0.3) is 5.91 Å². The van der Waals surface area contributed by atoms with E-state index in [-0.39, 0.29) is 11.4 Å². The standard InChI is InChI=1S/C21H26N2O/c1-21(2,16-23-14-6-7-15-23)22-20(24)19-12-10-18(11-13-19)17-8-4-3-5-9-17/h3-5,8-13H,6-7,14-16H2,1-2H3,(H,22,24). The van der Waals surface area contributed by atoms with Gasteiger partial charge < -0.3 is 10.2 Å². The number of hydrogen-bond acceptors (Lipinski definition) is 2. The predicted molar refractivity (Wildman–Crippen MR) is 99.1 cm³/mol. The third-order valence-corrected chi connectivity index (χ3v) is 4.52. The van der Waals surface area contributed by atoms with Crippen LogP contribution in [-0.2, 0) is 0 Å². The Balaban J connectivity index is 1.64. The number of rotatable bonds is 5. The number of carbonyl (C=O) groups is 1. The van der Waals surface area contributed by atoms with Gasteiger partial charge in [-0.3, -0.25) is 4.79 Å². The maximum atomic E-state index is 12.6. The van der Waals surface area contributed by atoms with Gasteiger partial charge in [-0.1, -0.05) is 42.5 Å². The summed E-state index contributed by atoms with van der Waals surface area (Å²) in [5.74, 6) is -0.00110. The number of nitrogens with one attached hydrogen (secondary N) is 1. The summed E-state index contributed by atoms with van der Waals surface area (Å²) in [5, 5.41) is 3.18. The van der Waals surface area contributed by atoms with Crippen molar-refractivity contribution >= 4 is 5.91 Å². The maximum Gasteiger partial charge on any atom is 0.251 e. The highest BCUT2D eigenvalue weighted by atomic mass is 16.1. The molecule has 0 bridgehead atoms. The summed E-state index contributed by atoms with van der Waals surface area (Å²) in [7, 11) is 0. The predicted octanol–water partition coefficient (Wildman–Crippen LogP) is 3.96. The lowest BCUT2D eigenvalue weighted by atomic mass is 10.0. The van der Waals surface area contributed by atoms with E-state index in [1.54, 1.807) is 0 Å². The average Bonchev–Trinajstić information content (AvgIpc) is 3.07. The number of benzene rings is 2. The van der Waals surface area contributed by atoms with E-state index >= 15 is 0 Å². The van der Waals surface area contributed by atoms with Crippen LogP contribution in [0, 0.1) is 0 Å². The lowest BCUT2D eigenvalue weighted by Gasteiger charge is -2.31. The van der Waals surface area contributed by atoms with Crippen LogP contribution in [0.4, 0.5) is 0 Å². The number of likely N-dealkylation sites (tertiary alicyclic amines) is 1. The Bertz CT molecular complexity index is 671. The van der Waals surface area contributed by atoms with Crippen LogP contribution in [0.2, 0.25) is 0 Å². The molecule has 2 aromatic carbocycles. The Morgan fingerprint density at radius 3 is 2.17 bits per heavy atom. The van der Waals surface area contributed by atoms with Gasteiger partial charge in [-0.15, -0.1) is 0 Å². The van der Waals surface area contributed by atoms with Gasteiger partial charge >= 0.3 is 0 Å². The van der Waals surface area contributed by atoms with E-state index in [0.29, 0.717) is 5.56 Å². The van der Waals surface area contributed by atoms with Crippen molar-refractivity contribution in [3.05, 3.63) is 60.2 Å². The molecule has 24 heavy (non-hydrogen) atoms. The number of carbonyl (C=O) groups excluding carboxylic acids is 1. The molecule has 3 rings (SSSR count). The molecule has 1 aliphatic heterocycles. The minimum atomic E-state index is -0.223. The van der Waals surface area contributed by atoms with E-state index < -0.39 is 0 Å². The summed E-state index contributed by atoms with van der Waals surface area (Å²) >= 11 is 0. The number of amides is 1. The first-order chi connectivity index (χ1) is 11.5. The van der Waals surface area contributed by atoms with Crippen LogP contribution in [0.1, 0.15) is 37.0 Å². The van der Waals surface area contributed by atoms with Crippen molar-refractivity contribution < 1.29 is 4.79 Å². The minimum Gasteiger partial charge on any atom is -0.346 e. The van der Waals surface area contributed by atoms with E-state index in [2.05, 4.69) is 36.2 Å². The van der Waals surface area contributed by atoms with E-state index in [0.717, 1.165) is 25.2 Å². The van der Waals surface area contributed by atoms with Crippen LogP contribution in [0.5, 0.6) is 0 Å². The molecule has 0 aliphatic carbocycles. The van der Waals surface area contributed by atoms with Gasteiger partial charge in [-0.2, -0.15) is 0 Å². The molecule has 3 nitrogen and oxygen atoms in total. The zero-order valence-electron chi connectivity index (χ0n) is 14.6. The zero-order valence-corrected chi connectivity index (χ0v) is 14.6. The SMILES string of the molecule is CC(C)(CN1CCCC1)NC(=O)c1ccc(-c2ccccc2)cc1. The minimum absolute atomic E-state index is 0.00110. The molecule has 1 fully saturated rings. The first-order valence-corrected chi connectivity index (χ1v) is 8.74. The average molecular weight is 322 g/mol. The molecule has 1 amide bonds. The van der Waals surface area contributed by atoms with Crippen molar-refractivity contribution in [2.24, 2.45) is 0 Å². The summed E-state index contributed by atoms with van der Waals surface area (Å²) in [5.41, 5.74) is 2.78. The second-order valence-electron chi connectivity index (χ2n) is 7.26. The van der Waals surface area contributed by atoms with Gasteiger partial charge in [0.1, 0.15) is 0 Å². The van der Waals surface area contributed by atoms with Gasteiger partial charge in [-0.05, 0) is 63.0 Å². The maximum absolute atomic E-state index is 12.6. The molecule has 1 N–H and O–H groups in total. The first-order valence-electron chi connectivity index (χ1n) is 8.74. The first kappa shape index (κ1) is 16.7. The molecule has 0 spiro atoms. The Labute approximate surface area is 144 Å². The van der Waals surface area contributed by atoms with Gasteiger partial charge in [0, 0.05) is 17.6 Å². The molecule has 1 saturated heterocycles. The highest BCUT2D eigenvalue weighted by molar-refractivity contribution is 5.95. The summed E-state index contributed by atoms with van der Waals surface area (Å²) in [6.07, 6.45) is 2.54. The summed E-state index contributed by atoms with van der Waals surface area (Å²) in [6.45, 7) is 7.39. The van der Waals surface area contributed by atoms with Crippen molar-refractivity contribution in [3.8, 4) is 11.1 Å². The number of nitrogens with zero attached hydrogens (tertiary/aromatic N) is 1. The van der Waals surface area contributed by atoms with Crippen LogP contribution in [0.15, 0.2) is 54.6 Å². The van der Waals surface area contributed by atoms with Gasteiger partial charge in [0.05, 0.1) is 0 Å². The molecule has 1 aliphatic rings. The fraction of sp³-hybridized carbons (Fsp3) is 0.381. The molecule has 2 aromatic rings. The Hall–Kier alpha value is -2.13. The quantitative estimate of drug-likeness (QED) is 0.904. The summed E-state index contributed by atoms with van der Waals surface area (Å²) < 4.78 is 0. The topological polar surface area (TPSA) is 32.3 Å². The monoisotopic (exact) mass is 322 g/mol. The van der Waals surface area contributed by atoms with E-state index in [1.165, 1.54) is 18.4 Å². The fourth-order valence-electron chi connectivity index (χ4n) is 3.36. The van der Waals surface area contributed by atoms with Gasteiger partial charge in [0.2, 0.25) is 0 Å². The van der Waals surface area contributed by atoms with E-state index in [9.17, 15) is 4.79 Å². The van der Waals surface area contributed by atoms with Crippen molar-refractivity contribution in [3.63, 3.8) is 0 Å². The van der Waals surface area contributed by atoms with Crippen molar-refractivity contribution in [2.45, 2.75) is 32.2 Å². The molecule has 1 heterocycles. The molecule has 0 atom stereocenters. The second-order valence-corrected chi connectivity index (χ2v) is 7.26. The normalized spacial score (nSPS) is 15.4. The van der Waals surface area contributed by atoms with Crippen LogP contribution in [0.3, 0.4) is 0 Å². The third kappa shape index (κ3) is 4.24. The summed E-state index contributed by atoms with van der Waals surface area (Å²) in [6, 6.07) is 18.0. The smallest absolute Gasteiger partial charge is 0.251 e. The second kappa shape index (κ2) is 7.18. The van der Waals surface area contributed by atoms with Gasteiger partial charge in [-0.25, -0.2) is 0 Å². The molecule has 0 unspecified atom stereocenters. The van der Waals surface area contributed by atoms with E-state index in [4.69, 9.17) is 0 Å².